The van der Waals surface area contributed by atoms with E-state index in [4.69, 9.17) is 16.6 Å². The number of H-pyrrole nitrogens is 1. The summed E-state index contributed by atoms with van der Waals surface area (Å²) in [5.74, 6) is -5.73. The van der Waals surface area contributed by atoms with Gasteiger partial charge in [-0.05, 0) is 31.9 Å². The summed E-state index contributed by atoms with van der Waals surface area (Å²) < 4.78 is 0. The summed E-state index contributed by atoms with van der Waals surface area (Å²) in [5, 5.41) is 22.7. The van der Waals surface area contributed by atoms with Crippen molar-refractivity contribution in [3.63, 3.8) is 0 Å². The molecule has 1 aromatic rings. The molecule has 18 nitrogen and oxygen atoms in total. The second-order valence-electron chi connectivity index (χ2n) is 8.84. The van der Waals surface area contributed by atoms with Crippen LogP contribution in [0.3, 0.4) is 0 Å². The van der Waals surface area contributed by atoms with Crippen molar-refractivity contribution in [2.75, 3.05) is 19.6 Å². The maximum absolute atomic E-state index is 12.3. The van der Waals surface area contributed by atoms with Gasteiger partial charge in [-0.2, -0.15) is 0 Å². The number of aromatic amines is 1. The Morgan fingerprint density at radius 1 is 0.829 bits per heavy atom. The molecule has 0 aliphatic carbocycles. The van der Waals surface area contributed by atoms with Gasteiger partial charge in [-0.15, -0.1) is 0 Å². The average molecular weight is 582 g/mol. The number of primary amides is 1. The van der Waals surface area contributed by atoms with Gasteiger partial charge in [-0.1, -0.05) is 0 Å². The minimum Gasteiger partial charge on any atom is -0.480 e. The van der Waals surface area contributed by atoms with E-state index in [1.54, 1.807) is 0 Å². The van der Waals surface area contributed by atoms with Crippen LogP contribution < -0.4 is 43.4 Å². The highest BCUT2D eigenvalue weighted by molar-refractivity contribution is 5.96. The predicted octanol–water partition coefficient (Wildman–Crippen LogP) is -4.72. The van der Waals surface area contributed by atoms with Crippen molar-refractivity contribution in [2.24, 2.45) is 11.5 Å². The van der Waals surface area contributed by atoms with Gasteiger partial charge in [-0.3, -0.25) is 38.4 Å². The SMILES string of the molecule is CC(NC(=O)CNC(=O)CNC(=O)c1cc(CNC(=O)C(C)NC(=O)CNC(=O)C(N)CCC(N)=O)c[nH]1)C(=O)O. The Labute approximate surface area is 234 Å². The summed E-state index contributed by atoms with van der Waals surface area (Å²) in [7, 11) is 0. The number of amides is 7. The van der Waals surface area contributed by atoms with Gasteiger partial charge in [-0.25, -0.2) is 0 Å². The molecular weight excluding hydrogens is 546 g/mol. The highest BCUT2D eigenvalue weighted by Gasteiger charge is 2.19. The van der Waals surface area contributed by atoms with Crippen LogP contribution in [-0.2, 0) is 40.1 Å². The number of aliphatic carboxylic acids is 1. The fourth-order valence-corrected chi connectivity index (χ4v) is 2.95. The first-order valence-electron chi connectivity index (χ1n) is 12.3. The van der Waals surface area contributed by atoms with Crippen molar-refractivity contribution in [1.82, 2.24) is 36.9 Å². The first-order chi connectivity index (χ1) is 19.2. The molecule has 0 bridgehead atoms. The van der Waals surface area contributed by atoms with Crippen LogP contribution in [0.15, 0.2) is 12.3 Å². The molecule has 0 saturated heterocycles. The Kier molecular flexibility index (Phi) is 14.0. The van der Waals surface area contributed by atoms with Gasteiger partial charge < -0.3 is 53.5 Å². The van der Waals surface area contributed by atoms with Gasteiger partial charge in [0.1, 0.15) is 17.8 Å². The highest BCUT2D eigenvalue weighted by Crippen LogP contribution is 2.03. The maximum Gasteiger partial charge on any atom is 0.325 e. The van der Waals surface area contributed by atoms with Crippen LogP contribution in [0, 0.1) is 0 Å². The summed E-state index contributed by atoms with van der Waals surface area (Å²) in [6.45, 7) is 1.31. The summed E-state index contributed by atoms with van der Waals surface area (Å²) in [6.07, 6.45) is 1.39. The van der Waals surface area contributed by atoms with Crippen molar-refractivity contribution in [1.29, 1.82) is 0 Å². The highest BCUT2D eigenvalue weighted by atomic mass is 16.4. The van der Waals surface area contributed by atoms with Gasteiger partial charge in [0.15, 0.2) is 0 Å². The number of nitrogens with one attached hydrogen (secondary N) is 7. The summed E-state index contributed by atoms with van der Waals surface area (Å²) in [5.41, 5.74) is 11.2. The molecule has 12 N–H and O–H groups in total. The van der Waals surface area contributed by atoms with Crippen molar-refractivity contribution >= 4 is 47.3 Å². The zero-order chi connectivity index (χ0) is 31.1. The Hall–Kier alpha value is -5.00. The first-order valence-corrected chi connectivity index (χ1v) is 12.3. The topological polar surface area (TPSA) is 297 Å². The molecule has 3 atom stereocenters. The Bertz CT molecular complexity index is 1150. The molecule has 7 amide bonds. The van der Waals surface area contributed by atoms with Crippen LogP contribution in [0.4, 0.5) is 0 Å². The fraction of sp³-hybridized carbons (Fsp3) is 0.478. The van der Waals surface area contributed by atoms with Crippen molar-refractivity contribution in [3.05, 3.63) is 23.5 Å². The quantitative estimate of drug-likeness (QED) is 0.0838. The van der Waals surface area contributed by atoms with E-state index >= 15 is 0 Å². The molecule has 0 aliphatic heterocycles. The Balaban J connectivity index is 2.37. The minimum atomic E-state index is -1.23. The molecule has 0 fully saturated rings. The van der Waals surface area contributed by atoms with E-state index in [9.17, 15) is 38.4 Å². The van der Waals surface area contributed by atoms with Gasteiger partial charge in [0.2, 0.25) is 35.4 Å². The second-order valence-corrected chi connectivity index (χ2v) is 8.84. The maximum atomic E-state index is 12.3. The predicted molar refractivity (Wildman–Crippen MR) is 140 cm³/mol. The third kappa shape index (κ3) is 13.6. The minimum absolute atomic E-state index is 0.00135. The zero-order valence-corrected chi connectivity index (χ0v) is 22.5. The van der Waals surface area contributed by atoms with E-state index in [0.29, 0.717) is 5.56 Å². The van der Waals surface area contributed by atoms with E-state index in [2.05, 4.69) is 36.9 Å². The molecule has 1 rings (SSSR count). The second kappa shape index (κ2) is 16.9. The molecule has 0 saturated carbocycles. The van der Waals surface area contributed by atoms with E-state index in [-0.39, 0.29) is 25.1 Å². The monoisotopic (exact) mass is 581 g/mol. The largest absolute Gasteiger partial charge is 0.480 e. The van der Waals surface area contributed by atoms with Gasteiger partial charge in [0.05, 0.1) is 25.7 Å². The van der Waals surface area contributed by atoms with Crippen molar-refractivity contribution in [3.8, 4) is 0 Å². The molecule has 1 heterocycles. The van der Waals surface area contributed by atoms with E-state index in [1.807, 2.05) is 0 Å². The summed E-state index contributed by atoms with van der Waals surface area (Å²) >= 11 is 0. The van der Waals surface area contributed by atoms with Crippen LogP contribution in [-0.4, -0.2) is 95.2 Å². The van der Waals surface area contributed by atoms with E-state index < -0.39 is 85.1 Å². The van der Waals surface area contributed by atoms with Crippen LogP contribution in [0.2, 0.25) is 0 Å². The van der Waals surface area contributed by atoms with Gasteiger partial charge in [0, 0.05) is 19.2 Å². The number of aromatic nitrogens is 1. The average Bonchev–Trinajstić information content (AvgIpc) is 3.39. The molecule has 1 aromatic heterocycles. The van der Waals surface area contributed by atoms with Crippen LogP contribution in [0.5, 0.6) is 0 Å². The number of carbonyl (C=O) groups is 8. The summed E-state index contributed by atoms with van der Waals surface area (Å²) in [6, 6.07) is -1.68. The number of carboxylic acid groups (broad SMARTS) is 1. The lowest BCUT2D eigenvalue weighted by Gasteiger charge is -2.15. The Morgan fingerprint density at radius 3 is 2.02 bits per heavy atom. The van der Waals surface area contributed by atoms with Crippen LogP contribution in [0.1, 0.15) is 42.7 Å². The molecule has 0 aromatic carbocycles. The number of carbonyl (C=O) groups excluding carboxylic acids is 7. The van der Waals surface area contributed by atoms with Gasteiger partial charge in [0.25, 0.3) is 5.91 Å². The number of rotatable bonds is 17. The van der Waals surface area contributed by atoms with Crippen molar-refractivity contribution in [2.45, 2.75) is 51.4 Å². The lowest BCUT2D eigenvalue weighted by atomic mass is 10.1. The molecule has 0 radical (unpaired) electrons. The first kappa shape index (κ1) is 34.0. The number of nitrogens with two attached hydrogens (primary N) is 2. The molecule has 41 heavy (non-hydrogen) atoms. The molecule has 18 heteroatoms. The lowest BCUT2D eigenvalue weighted by molar-refractivity contribution is -0.141. The molecule has 226 valence electrons. The Morgan fingerprint density at radius 2 is 1.41 bits per heavy atom. The molecule has 0 spiro atoms. The van der Waals surface area contributed by atoms with Crippen LogP contribution in [0.25, 0.3) is 0 Å². The third-order valence-corrected chi connectivity index (χ3v) is 5.29. The lowest BCUT2D eigenvalue weighted by Crippen LogP contribution is -2.49. The van der Waals surface area contributed by atoms with Gasteiger partial charge >= 0.3 is 5.97 Å². The van der Waals surface area contributed by atoms with Crippen molar-refractivity contribution < 1.29 is 43.5 Å². The standard InChI is InChI=1S/C23H35N9O9/c1-11(31-19(36)10-29-21(38)14(24)3-4-16(25)33)20(37)28-7-13-5-15(26-6-13)22(39)30-8-17(34)27-9-18(35)32-12(2)23(40)41/h5-6,11-12,14,26H,3-4,7-10,24H2,1-2H3,(H2,25,33)(H,27,34)(H,28,37)(H,29,38)(H,30,39)(H,31,36)(H,32,35)(H,40,41). The fourth-order valence-electron chi connectivity index (χ4n) is 2.95. The van der Waals surface area contributed by atoms with Crippen LogP contribution >= 0.6 is 0 Å². The smallest absolute Gasteiger partial charge is 0.325 e. The summed E-state index contributed by atoms with van der Waals surface area (Å²) in [4.78, 5) is 95.9. The number of hydrogen-bond acceptors (Lipinski definition) is 9. The van der Waals surface area contributed by atoms with E-state index in [1.165, 1.54) is 26.1 Å². The normalized spacial score (nSPS) is 12.6. The molecular formula is C23H35N9O9. The zero-order valence-electron chi connectivity index (χ0n) is 22.5. The molecule has 3 unspecified atom stereocenters. The molecule has 0 aliphatic rings. The third-order valence-electron chi connectivity index (χ3n) is 5.29. The number of hydrogen-bond donors (Lipinski definition) is 10. The van der Waals surface area contributed by atoms with E-state index in [0.717, 1.165) is 0 Å². The number of carboxylic acids is 1.